The maximum atomic E-state index is 2.45. The first kappa shape index (κ1) is 35.2. The molecule has 1 heterocycles. The van der Waals surface area contributed by atoms with Gasteiger partial charge in [0.25, 0.3) is 0 Å². The Kier molecular flexibility index (Phi) is 8.87. The van der Waals surface area contributed by atoms with E-state index >= 15 is 0 Å². The summed E-state index contributed by atoms with van der Waals surface area (Å²) in [5.41, 5.74) is 16.2. The Morgan fingerprint density at radius 1 is 0.300 bits per heavy atom. The number of nitrogens with zero attached hydrogens (tertiary/aromatic N) is 2. The summed E-state index contributed by atoms with van der Waals surface area (Å²) < 4.78 is 2.42. The normalized spacial score (nSPS) is 11.3. The minimum absolute atomic E-state index is 1.08. The van der Waals surface area contributed by atoms with Crippen LogP contribution in [0.15, 0.2) is 243 Å². The van der Waals surface area contributed by atoms with Gasteiger partial charge in [-0.2, -0.15) is 0 Å². The summed E-state index contributed by atoms with van der Waals surface area (Å²) in [6.07, 6.45) is 0. The Morgan fingerprint density at radius 2 is 0.817 bits per heavy atom. The summed E-state index contributed by atoms with van der Waals surface area (Å²) in [6, 6.07) is 88.0. The molecule has 0 aliphatic carbocycles. The molecular weight excluding hydrogens is 725 g/mol. The first-order valence-electron chi connectivity index (χ1n) is 20.6. The van der Waals surface area contributed by atoms with Crippen molar-refractivity contribution in [3.05, 3.63) is 243 Å². The second kappa shape index (κ2) is 15.1. The Labute approximate surface area is 350 Å². The lowest BCUT2D eigenvalue weighted by atomic mass is 9.95. The highest BCUT2D eigenvalue weighted by Gasteiger charge is 2.22. The lowest BCUT2D eigenvalue weighted by molar-refractivity contribution is 1.18. The molecule has 282 valence electrons. The van der Waals surface area contributed by atoms with Crippen LogP contribution in [0.1, 0.15) is 0 Å². The highest BCUT2D eigenvalue weighted by molar-refractivity contribution is 6.18. The van der Waals surface area contributed by atoms with Crippen molar-refractivity contribution in [2.75, 3.05) is 4.90 Å². The van der Waals surface area contributed by atoms with Crippen LogP contribution in [0.3, 0.4) is 0 Å². The Hall–Kier alpha value is -7.94. The summed E-state index contributed by atoms with van der Waals surface area (Å²) in [4.78, 5) is 2.45. The summed E-state index contributed by atoms with van der Waals surface area (Å²) >= 11 is 0. The third kappa shape index (κ3) is 6.32. The highest BCUT2D eigenvalue weighted by Crippen LogP contribution is 2.46. The van der Waals surface area contributed by atoms with E-state index in [4.69, 9.17) is 0 Å². The smallest absolute Gasteiger partial charge is 0.0547 e. The van der Waals surface area contributed by atoms with Crippen LogP contribution in [-0.2, 0) is 0 Å². The van der Waals surface area contributed by atoms with Gasteiger partial charge in [0.1, 0.15) is 0 Å². The molecule has 2 nitrogen and oxygen atoms in total. The van der Waals surface area contributed by atoms with Gasteiger partial charge in [0.2, 0.25) is 0 Å². The number of para-hydroxylation sites is 2. The van der Waals surface area contributed by atoms with Crippen molar-refractivity contribution in [1.82, 2.24) is 4.57 Å². The van der Waals surface area contributed by atoms with E-state index < -0.39 is 0 Å². The Morgan fingerprint density at radius 3 is 1.50 bits per heavy atom. The Bertz CT molecular complexity index is 3240. The van der Waals surface area contributed by atoms with Gasteiger partial charge in [0.15, 0.2) is 0 Å². The van der Waals surface area contributed by atoms with Gasteiger partial charge in [-0.1, -0.05) is 176 Å². The molecular formula is C58H40N2. The van der Waals surface area contributed by atoms with Crippen LogP contribution in [0, 0.1) is 0 Å². The molecule has 0 bridgehead atoms. The molecule has 11 rings (SSSR count). The fraction of sp³-hybridized carbons (Fsp3) is 0. The largest absolute Gasteiger partial charge is 0.310 e. The van der Waals surface area contributed by atoms with Gasteiger partial charge in [-0.05, 0) is 116 Å². The molecule has 0 aliphatic rings. The molecule has 0 amide bonds. The van der Waals surface area contributed by atoms with Crippen molar-refractivity contribution < 1.29 is 0 Å². The van der Waals surface area contributed by atoms with E-state index in [9.17, 15) is 0 Å². The standard InChI is InChI=1S/C58H40N2/c1-5-19-41(20-6-1)47-35-48(42-21-7-2-8-22-42)38-51(37-47)59(55-33-16-15-31-52(55)43-23-9-3-10-24-43)50-30-17-27-46(36-50)53-32-18-34-56-58(53)54-39-44-25-13-14-26-45(44)40-57(54)60(56)49-28-11-4-12-29-49/h1-40H. The van der Waals surface area contributed by atoms with Crippen molar-refractivity contribution in [3.63, 3.8) is 0 Å². The van der Waals surface area contributed by atoms with Gasteiger partial charge in [-0.15, -0.1) is 0 Å². The minimum Gasteiger partial charge on any atom is -0.310 e. The second-order valence-electron chi connectivity index (χ2n) is 15.4. The fourth-order valence-electron chi connectivity index (χ4n) is 8.95. The molecule has 2 heteroatoms. The van der Waals surface area contributed by atoms with Gasteiger partial charge in [0, 0.05) is 33.4 Å². The average Bonchev–Trinajstić information content (AvgIpc) is 3.65. The predicted molar refractivity (Wildman–Crippen MR) is 255 cm³/mol. The lowest BCUT2D eigenvalue weighted by Crippen LogP contribution is -2.12. The third-order valence-electron chi connectivity index (χ3n) is 11.7. The van der Waals surface area contributed by atoms with Crippen molar-refractivity contribution >= 4 is 49.6 Å². The van der Waals surface area contributed by atoms with Crippen LogP contribution < -0.4 is 4.90 Å². The molecule has 0 aliphatic heterocycles. The molecule has 0 atom stereocenters. The maximum absolute atomic E-state index is 2.45. The number of aromatic nitrogens is 1. The molecule has 60 heavy (non-hydrogen) atoms. The molecule has 0 spiro atoms. The van der Waals surface area contributed by atoms with E-state index in [1.165, 1.54) is 54.8 Å². The predicted octanol–water partition coefficient (Wildman–Crippen LogP) is 16.1. The average molecular weight is 765 g/mol. The molecule has 0 saturated carbocycles. The number of benzene rings is 10. The molecule has 10 aromatic carbocycles. The first-order chi connectivity index (χ1) is 29.8. The van der Waals surface area contributed by atoms with Gasteiger partial charge in [-0.3, -0.25) is 0 Å². The summed E-state index contributed by atoms with van der Waals surface area (Å²) in [5, 5.41) is 4.95. The van der Waals surface area contributed by atoms with E-state index in [1.54, 1.807) is 0 Å². The van der Waals surface area contributed by atoms with Gasteiger partial charge >= 0.3 is 0 Å². The number of hydrogen-bond donors (Lipinski definition) is 0. The first-order valence-corrected chi connectivity index (χ1v) is 20.6. The number of anilines is 3. The zero-order valence-electron chi connectivity index (χ0n) is 33.0. The van der Waals surface area contributed by atoms with Crippen LogP contribution in [-0.4, -0.2) is 4.57 Å². The van der Waals surface area contributed by atoms with Crippen LogP contribution in [0.25, 0.3) is 82.8 Å². The van der Waals surface area contributed by atoms with Crippen LogP contribution in [0.2, 0.25) is 0 Å². The van der Waals surface area contributed by atoms with E-state index in [0.717, 1.165) is 45.0 Å². The molecule has 0 unspecified atom stereocenters. The van der Waals surface area contributed by atoms with Crippen molar-refractivity contribution in [3.8, 4) is 50.2 Å². The van der Waals surface area contributed by atoms with E-state index in [-0.39, 0.29) is 0 Å². The zero-order chi connectivity index (χ0) is 39.8. The molecule has 0 saturated heterocycles. The monoisotopic (exact) mass is 764 g/mol. The second-order valence-corrected chi connectivity index (χ2v) is 15.4. The lowest BCUT2D eigenvalue weighted by Gasteiger charge is -2.29. The van der Waals surface area contributed by atoms with E-state index in [0.29, 0.717) is 0 Å². The topological polar surface area (TPSA) is 8.17 Å². The number of hydrogen-bond acceptors (Lipinski definition) is 1. The minimum atomic E-state index is 1.08. The van der Waals surface area contributed by atoms with Crippen LogP contribution in [0.4, 0.5) is 17.1 Å². The van der Waals surface area contributed by atoms with E-state index in [2.05, 4.69) is 252 Å². The van der Waals surface area contributed by atoms with Gasteiger partial charge in [-0.25, -0.2) is 0 Å². The van der Waals surface area contributed by atoms with Crippen LogP contribution in [0.5, 0.6) is 0 Å². The SMILES string of the molecule is c1ccc(-c2cc(-c3ccccc3)cc(N(c3cccc(-c4cccc5c4c4cc6ccccc6cc4n5-c4ccccc4)c3)c3ccccc3-c3ccccc3)c2)cc1. The molecule has 0 fully saturated rings. The summed E-state index contributed by atoms with van der Waals surface area (Å²) in [5.74, 6) is 0. The van der Waals surface area contributed by atoms with Crippen molar-refractivity contribution in [1.29, 1.82) is 0 Å². The van der Waals surface area contributed by atoms with Gasteiger partial charge < -0.3 is 9.47 Å². The molecule has 11 aromatic rings. The van der Waals surface area contributed by atoms with Crippen LogP contribution >= 0.6 is 0 Å². The quantitative estimate of drug-likeness (QED) is 0.150. The van der Waals surface area contributed by atoms with Crippen molar-refractivity contribution in [2.45, 2.75) is 0 Å². The maximum Gasteiger partial charge on any atom is 0.0547 e. The highest BCUT2D eigenvalue weighted by atomic mass is 15.1. The fourth-order valence-corrected chi connectivity index (χ4v) is 8.95. The Balaban J connectivity index is 1.17. The van der Waals surface area contributed by atoms with Gasteiger partial charge in [0.05, 0.1) is 16.7 Å². The summed E-state index contributed by atoms with van der Waals surface area (Å²) in [7, 11) is 0. The zero-order valence-corrected chi connectivity index (χ0v) is 33.0. The van der Waals surface area contributed by atoms with Crippen molar-refractivity contribution in [2.24, 2.45) is 0 Å². The summed E-state index contributed by atoms with van der Waals surface area (Å²) in [6.45, 7) is 0. The molecule has 0 N–H and O–H groups in total. The number of fused-ring (bicyclic) bond motifs is 4. The third-order valence-corrected chi connectivity index (χ3v) is 11.7. The van der Waals surface area contributed by atoms with E-state index in [1.807, 2.05) is 0 Å². The number of rotatable bonds is 8. The molecule has 1 aromatic heterocycles. The molecule has 0 radical (unpaired) electrons.